The van der Waals surface area contributed by atoms with Crippen LogP contribution < -0.4 is 10.2 Å². The van der Waals surface area contributed by atoms with Gasteiger partial charge in [0.25, 0.3) is 0 Å². The largest absolute Gasteiger partial charge is 0.370 e. The van der Waals surface area contributed by atoms with Crippen molar-refractivity contribution >= 4 is 0 Å². The second-order valence-electron chi connectivity index (χ2n) is 5.25. The Morgan fingerprint density at radius 2 is 2.12 bits per heavy atom. The van der Waals surface area contributed by atoms with Crippen molar-refractivity contribution in [3.63, 3.8) is 0 Å². The number of hydrogen-bond donors (Lipinski definition) is 2. The molecule has 0 saturated carbocycles. The number of morpholine rings is 1. The highest BCUT2D eigenvalue weighted by atomic mass is 16.5. The highest BCUT2D eigenvalue weighted by molar-refractivity contribution is 5.33. The summed E-state index contributed by atoms with van der Waals surface area (Å²) >= 11 is 0. The average Bonchev–Trinajstić information content (AvgIpc) is 2.39. The minimum atomic E-state index is 0.670. The number of ether oxygens (including phenoxy) is 1. The minimum Gasteiger partial charge on any atom is -0.370 e. The van der Waals surface area contributed by atoms with Crippen molar-refractivity contribution in [3.8, 4) is 0 Å². The summed E-state index contributed by atoms with van der Waals surface area (Å²) in [4.78, 5) is 1.71. The van der Waals surface area contributed by atoms with E-state index in [1.807, 2.05) is 0 Å². The van der Waals surface area contributed by atoms with Gasteiger partial charge >= 0.3 is 0 Å². The molecule has 1 saturated heterocycles. The number of aryl methyl sites for hydroxylation is 1. The quantitative estimate of drug-likeness (QED) is 0.643. The SMILES string of the molecule is Cc1ccc2c(c1)C[NH2+]C[C@@H]2[NH+]1CCOCC1. The molecule has 0 radical (unpaired) electrons. The van der Waals surface area contributed by atoms with Crippen LogP contribution in [0.25, 0.3) is 0 Å². The van der Waals surface area contributed by atoms with Gasteiger partial charge in [0.2, 0.25) is 0 Å². The molecule has 2 aliphatic heterocycles. The van der Waals surface area contributed by atoms with Gasteiger partial charge in [-0.15, -0.1) is 0 Å². The zero-order chi connectivity index (χ0) is 11.7. The maximum Gasteiger partial charge on any atom is 0.163 e. The summed E-state index contributed by atoms with van der Waals surface area (Å²) in [5, 5.41) is 2.45. The molecule has 1 aromatic carbocycles. The number of hydrogen-bond acceptors (Lipinski definition) is 1. The van der Waals surface area contributed by atoms with Gasteiger partial charge in [-0.05, 0) is 13.0 Å². The van der Waals surface area contributed by atoms with Gasteiger partial charge in [-0.1, -0.05) is 17.7 Å². The lowest BCUT2D eigenvalue weighted by atomic mass is 9.94. The van der Waals surface area contributed by atoms with Gasteiger partial charge in [0.15, 0.2) is 6.04 Å². The number of rotatable bonds is 1. The number of nitrogens with two attached hydrogens (primary N) is 1. The van der Waals surface area contributed by atoms with Crippen LogP contribution in [0.3, 0.4) is 0 Å². The fourth-order valence-electron chi connectivity index (χ4n) is 3.15. The van der Waals surface area contributed by atoms with E-state index in [2.05, 4.69) is 30.4 Å². The van der Waals surface area contributed by atoms with Crippen molar-refractivity contribution < 1.29 is 15.0 Å². The van der Waals surface area contributed by atoms with E-state index < -0.39 is 0 Å². The highest BCUT2D eigenvalue weighted by Crippen LogP contribution is 2.18. The van der Waals surface area contributed by atoms with Crippen molar-refractivity contribution in [3.05, 3.63) is 34.9 Å². The van der Waals surface area contributed by atoms with Crippen LogP contribution in [0.5, 0.6) is 0 Å². The maximum atomic E-state index is 5.47. The molecule has 3 N–H and O–H groups in total. The zero-order valence-electron chi connectivity index (χ0n) is 10.5. The first-order valence-electron chi connectivity index (χ1n) is 6.68. The fourth-order valence-corrected chi connectivity index (χ4v) is 3.15. The fraction of sp³-hybridized carbons (Fsp3) is 0.571. The van der Waals surface area contributed by atoms with E-state index in [0.29, 0.717) is 6.04 Å². The summed E-state index contributed by atoms with van der Waals surface area (Å²) in [6, 6.07) is 7.64. The third-order valence-electron chi connectivity index (χ3n) is 4.07. The Morgan fingerprint density at radius 1 is 1.29 bits per heavy atom. The second-order valence-corrected chi connectivity index (χ2v) is 5.25. The minimum absolute atomic E-state index is 0.670. The Labute approximate surface area is 103 Å². The molecule has 0 spiro atoms. The first kappa shape index (κ1) is 11.2. The van der Waals surface area contributed by atoms with Gasteiger partial charge in [-0.25, -0.2) is 0 Å². The summed E-state index contributed by atoms with van der Waals surface area (Å²) in [6.45, 7) is 8.73. The first-order valence-corrected chi connectivity index (χ1v) is 6.68. The Kier molecular flexibility index (Phi) is 3.14. The molecule has 2 heterocycles. The Hall–Kier alpha value is -0.900. The molecule has 0 aliphatic carbocycles. The van der Waals surface area contributed by atoms with Crippen LogP contribution in [0.15, 0.2) is 18.2 Å². The normalized spacial score (nSPS) is 25.6. The summed E-state index contributed by atoms with van der Waals surface area (Å²) < 4.78 is 5.47. The van der Waals surface area contributed by atoms with E-state index in [9.17, 15) is 0 Å². The van der Waals surface area contributed by atoms with Crippen molar-refractivity contribution in [2.24, 2.45) is 0 Å². The van der Waals surface area contributed by atoms with Crippen molar-refractivity contribution in [2.45, 2.75) is 19.5 Å². The molecule has 1 aromatic rings. The lowest BCUT2D eigenvalue weighted by Gasteiger charge is -2.33. The first-order chi connectivity index (χ1) is 8.34. The lowest BCUT2D eigenvalue weighted by molar-refractivity contribution is -0.954. The molecular weight excluding hydrogens is 212 g/mol. The van der Waals surface area contributed by atoms with E-state index in [1.54, 1.807) is 16.0 Å². The number of quaternary nitrogens is 2. The molecular formula is C14H22N2O+2. The van der Waals surface area contributed by atoms with Crippen molar-refractivity contribution in [1.82, 2.24) is 0 Å². The van der Waals surface area contributed by atoms with Crippen LogP contribution in [-0.4, -0.2) is 32.8 Å². The zero-order valence-corrected chi connectivity index (χ0v) is 10.5. The smallest absolute Gasteiger partial charge is 0.163 e. The summed E-state index contributed by atoms with van der Waals surface area (Å²) in [6.07, 6.45) is 0. The van der Waals surface area contributed by atoms with Gasteiger partial charge in [0.05, 0.1) is 13.2 Å². The summed E-state index contributed by atoms with van der Waals surface area (Å²) in [7, 11) is 0. The summed E-state index contributed by atoms with van der Waals surface area (Å²) in [5.41, 5.74) is 4.50. The molecule has 17 heavy (non-hydrogen) atoms. The maximum absolute atomic E-state index is 5.47. The predicted molar refractivity (Wildman–Crippen MR) is 65.9 cm³/mol. The van der Waals surface area contributed by atoms with E-state index in [1.165, 1.54) is 12.1 Å². The van der Waals surface area contributed by atoms with Gasteiger partial charge in [-0.2, -0.15) is 0 Å². The number of nitrogens with one attached hydrogen (secondary N) is 1. The van der Waals surface area contributed by atoms with Crippen molar-refractivity contribution in [2.75, 3.05) is 32.8 Å². The van der Waals surface area contributed by atoms with Crippen LogP contribution in [0.1, 0.15) is 22.7 Å². The molecule has 3 heteroatoms. The molecule has 1 atom stereocenters. The molecule has 1 fully saturated rings. The second kappa shape index (κ2) is 4.77. The van der Waals surface area contributed by atoms with Gasteiger partial charge in [0, 0.05) is 11.1 Å². The Bertz CT molecular complexity index is 399. The molecule has 0 aromatic heterocycles. The molecule has 0 amide bonds. The number of benzene rings is 1. The van der Waals surface area contributed by atoms with Gasteiger partial charge < -0.3 is 15.0 Å². The molecule has 2 aliphatic rings. The molecule has 3 nitrogen and oxygen atoms in total. The van der Waals surface area contributed by atoms with Gasteiger partial charge in [0.1, 0.15) is 26.2 Å². The molecule has 0 unspecified atom stereocenters. The van der Waals surface area contributed by atoms with Crippen LogP contribution in [-0.2, 0) is 11.3 Å². The third-order valence-corrected chi connectivity index (χ3v) is 4.07. The van der Waals surface area contributed by atoms with E-state index in [4.69, 9.17) is 4.74 Å². The summed E-state index contributed by atoms with van der Waals surface area (Å²) in [5.74, 6) is 0. The Balaban J connectivity index is 1.88. The molecule has 92 valence electrons. The molecule has 0 bridgehead atoms. The van der Waals surface area contributed by atoms with E-state index in [-0.39, 0.29) is 0 Å². The van der Waals surface area contributed by atoms with Crippen molar-refractivity contribution in [1.29, 1.82) is 0 Å². The van der Waals surface area contributed by atoms with Crippen LogP contribution >= 0.6 is 0 Å². The lowest BCUT2D eigenvalue weighted by Crippen LogP contribution is -3.17. The average molecular weight is 234 g/mol. The molecule has 3 rings (SSSR count). The van der Waals surface area contributed by atoms with Crippen LogP contribution in [0, 0.1) is 6.92 Å². The highest BCUT2D eigenvalue weighted by Gasteiger charge is 2.32. The Morgan fingerprint density at radius 3 is 2.94 bits per heavy atom. The standard InChI is InChI=1S/C14H20N2O/c1-11-2-3-13-12(8-11)9-15-10-14(13)16-4-6-17-7-5-16/h2-3,8,14-15H,4-7,9-10H2,1H3/p+2/t14-/m0/s1. The number of fused-ring (bicyclic) bond motifs is 1. The monoisotopic (exact) mass is 234 g/mol. The third kappa shape index (κ3) is 2.23. The van der Waals surface area contributed by atoms with Gasteiger partial charge in [-0.3, -0.25) is 0 Å². The predicted octanol–water partition coefficient (Wildman–Crippen LogP) is -0.972. The van der Waals surface area contributed by atoms with E-state index >= 15 is 0 Å². The topological polar surface area (TPSA) is 30.3 Å². The van der Waals surface area contributed by atoms with Crippen LogP contribution in [0.2, 0.25) is 0 Å². The van der Waals surface area contributed by atoms with E-state index in [0.717, 1.165) is 32.8 Å². The van der Waals surface area contributed by atoms with Crippen LogP contribution in [0.4, 0.5) is 0 Å².